The minimum absolute atomic E-state index is 0.0941. The quantitative estimate of drug-likeness (QED) is 0.0762. The maximum atomic E-state index is 14.7. The molecule has 28 nitrogen and oxygen atoms in total. The molecule has 7 N–H and O–H groups in total. The summed E-state index contributed by atoms with van der Waals surface area (Å²) in [6.07, 6.45) is -15.6. The number of hydrogen-bond donors (Lipinski definition) is 7. The van der Waals surface area contributed by atoms with E-state index in [1.54, 1.807) is 104 Å². The lowest BCUT2D eigenvalue weighted by Crippen LogP contribution is -2.72. The Balaban J connectivity index is 1.63. The minimum atomic E-state index is -1.99. The molecule has 3 heterocycles. The summed E-state index contributed by atoms with van der Waals surface area (Å²) >= 11 is 0. The van der Waals surface area contributed by atoms with Crippen molar-refractivity contribution >= 4 is 48.3 Å². The van der Waals surface area contributed by atoms with Crippen LogP contribution in [-0.4, -0.2) is 192 Å². The van der Waals surface area contributed by atoms with Gasteiger partial charge in [0.2, 0.25) is 0 Å². The Morgan fingerprint density at radius 2 is 1.06 bits per heavy atom. The number of aliphatic hydroxyl groups excluding tert-OH is 1. The van der Waals surface area contributed by atoms with Crippen LogP contribution in [0, 0.1) is 0 Å². The number of nitrogens with one attached hydrogen (secondary N) is 6. The fourth-order valence-corrected chi connectivity index (χ4v) is 10.3. The number of esters is 2. The standard InChI is InChI=1S/C57H96N6O22/c1-30(64)74-36(23-26-58-47(68)81-52(3,4)5)44(67)60-34-27-35(62-50(71)84-55(12,13)14)41(78-45-33(61-49(70)83-54(9,10)11)22-21-32(76-45)28-59-48(69)82-53(6,7)8)39(66)40(34)79-46-43(75-31(2)65)38(63-51(72)85-56(15,16)17)42-37(77-46)29-73-57(80-42)24-19-18-20-25-57/h32-43,45-46,66H,18-29H2,1-17H3,(H,58,68)(H,59,69)(H,60,67)(H,61,70)(H,62,71)(H,63,72)/t32?,33?,34-,35-,36+,37?,38+,39?,40+,41?,42-,43?,45-,46-/m1/s1. The molecule has 5 aliphatic rings. The summed E-state index contributed by atoms with van der Waals surface area (Å²) in [4.78, 5) is 107. The first-order valence-electron chi connectivity index (χ1n) is 29.3. The second-order valence-corrected chi connectivity index (χ2v) is 27.1. The highest BCUT2D eigenvalue weighted by Gasteiger charge is 2.59. The van der Waals surface area contributed by atoms with Crippen LogP contribution in [0.5, 0.6) is 0 Å². The third-order valence-corrected chi connectivity index (χ3v) is 13.4. The summed E-state index contributed by atoms with van der Waals surface area (Å²) < 4.78 is 79.2. The molecule has 2 saturated carbocycles. The molecule has 2 aliphatic carbocycles. The zero-order chi connectivity index (χ0) is 63.6. The van der Waals surface area contributed by atoms with E-state index in [2.05, 4.69) is 31.9 Å². The van der Waals surface area contributed by atoms with Gasteiger partial charge in [-0.15, -0.1) is 0 Å². The van der Waals surface area contributed by atoms with Crippen molar-refractivity contribution in [3.05, 3.63) is 0 Å². The second kappa shape index (κ2) is 29.0. The maximum Gasteiger partial charge on any atom is 0.408 e. The predicted molar refractivity (Wildman–Crippen MR) is 299 cm³/mol. The average molecular weight is 1220 g/mol. The topological polar surface area (TPSA) is 349 Å². The first kappa shape index (κ1) is 70.2. The van der Waals surface area contributed by atoms with Crippen molar-refractivity contribution in [1.29, 1.82) is 0 Å². The minimum Gasteiger partial charge on any atom is -0.455 e. The predicted octanol–water partition coefficient (Wildman–Crippen LogP) is 5.29. The van der Waals surface area contributed by atoms with Crippen molar-refractivity contribution < 1.29 is 105 Å². The number of hydrogen-bond acceptors (Lipinski definition) is 22. The van der Waals surface area contributed by atoms with Gasteiger partial charge in [-0.25, -0.2) is 24.0 Å². The number of alkyl carbamates (subject to hydrolysis) is 5. The van der Waals surface area contributed by atoms with Crippen molar-refractivity contribution in [3.63, 3.8) is 0 Å². The van der Waals surface area contributed by atoms with Gasteiger partial charge in [0.25, 0.3) is 5.91 Å². The molecule has 5 rings (SSSR count). The molecule has 6 amide bonds. The van der Waals surface area contributed by atoms with Crippen LogP contribution < -0.4 is 31.9 Å². The highest BCUT2D eigenvalue weighted by Crippen LogP contribution is 2.42. The Morgan fingerprint density at radius 1 is 0.565 bits per heavy atom. The number of amides is 6. The lowest BCUT2D eigenvalue weighted by atomic mass is 9.82. The van der Waals surface area contributed by atoms with Crippen LogP contribution in [0.4, 0.5) is 24.0 Å². The van der Waals surface area contributed by atoms with Crippen LogP contribution >= 0.6 is 0 Å². The summed E-state index contributed by atoms with van der Waals surface area (Å²) in [7, 11) is 0. The fourth-order valence-electron chi connectivity index (χ4n) is 10.3. The first-order chi connectivity index (χ1) is 39.2. The smallest absolute Gasteiger partial charge is 0.408 e. The van der Waals surface area contributed by atoms with Crippen LogP contribution in [0.25, 0.3) is 0 Å². The number of carbonyl (C=O) groups excluding carboxylic acids is 8. The lowest BCUT2D eigenvalue weighted by molar-refractivity contribution is -0.389. The monoisotopic (exact) mass is 1220 g/mol. The molecule has 1 spiro atoms. The Kier molecular flexibility index (Phi) is 24.0. The molecule has 14 atom stereocenters. The molecule has 3 aliphatic heterocycles. The zero-order valence-corrected chi connectivity index (χ0v) is 52.6. The van der Waals surface area contributed by atoms with Crippen molar-refractivity contribution in [3.8, 4) is 0 Å². The number of fused-ring (bicyclic) bond motifs is 1. The molecule has 5 fully saturated rings. The van der Waals surface area contributed by atoms with E-state index in [1.807, 2.05) is 0 Å². The van der Waals surface area contributed by atoms with Gasteiger partial charge < -0.3 is 98.6 Å². The number of carbonyl (C=O) groups is 8. The molecule has 0 aromatic heterocycles. The average Bonchev–Trinajstić information content (AvgIpc) is 0.990. The summed E-state index contributed by atoms with van der Waals surface area (Å²) in [6.45, 7) is 26.8. The molecule has 0 radical (unpaired) electrons. The second-order valence-electron chi connectivity index (χ2n) is 27.1. The van der Waals surface area contributed by atoms with Crippen LogP contribution in [0.2, 0.25) is 0 Å². The SMILES string of the molecule is CC(=O)OC1[C@@H](O[C@@H]2C(O)C(O[C@H]3OC(CNC(=O)OC(C)(C)C)CCC3NC(=O)OC(C)(C)C)[C@H](NC(=O)OC(C)(C)C)C[C@H]2NC(=O)[C@H](CCNC(=O)OC(C)(C)C)OC(C)=O)OC2COC3(CCCCC3)O[C@H]2[C@@H]1NC(=O)OC(C)(C)C. The molecule has 28 heteroatoms. The van der Waals surface area contributed by atoms with Gasteiger partial charge in [0.1, 0.15) is 64.6 Å². The van der Waals surface area contributed by atoms with E-state index < -0.39 is 168 Å². The van der Waals surface area contributed by atoms with Gasteiger partial charge in [-0.05, 0) is 136 Å². The molecule has 486 valence electrons. The van der Waals surface area contributed by atoms with Gasteiger partial charge in [-0.2, -0.15) is 0 Å². The van der Waals surface area contributed by atoms with Crippen molar-refractivity contribution in [2.45, 2.75) is 295 Å². The van der Waals surface area contributed by atoms with Crippen molar-refractivity contribution in [1.82, 2.24) is 31.9 Å². The van der Waals surface area contributed by atoms with Crippen LogP contribution in [0.1, 0.15) is 175 Å². The van der Waals surface area contributed by atoms with Crippen LogP contribution in [0.15, 0.2) is 0 Å². The molecular formula is C57H96N6O22. The van der Waals surface area contributed by atoms with Crippen molar-refractivity contribution in [2.24, 2.45) is 0 Å². The molecule has 6 unspecified atom stereocenters. The van der Waals surface area contributed by atoms with Crippen LogP contribution in [0.3, 0.4) is 0 Å². The normalized spacial score (nSPS) is 29.2. The Hall–Kier alpha value is -5.52. The van der Waals surface area contributed by atoms with Gasteiger partial charge in [-0.3, -0.25) is 14.4 Å². The Bertz CT molecular complexity index is 2300. The van der Waals surface area contributed by atoms with E-state index in [4.69, 9.17) is 61.6 Å². The highest BCUT2D eigenvalue weighted by molar-refractivity contribution is 5.84. The lowest BCUT2D eigenvalue weighted by Gasteiger charge is -2.54. The third kappa shape index (κ3) is 23.3. The zero-order valence-electron chi connectivity index (χ0n) is 52.6. The molecule has 0 aromatic rings. The molecule has 0 bridgehead atoms. The van der Waals surface area contributed by atoms with Gasteiger partial charge in [-0.1, -0.05) is 6.42 Å². The van der Waals surface area contributed by atoms with Gasteiger partial charge in [0.05, 0.1) is 30.8 Å². The Morgan fingerprint density at radius 3 is 1.59 bits per heavy atom. The molecule has 3 saturated heterocycles. The summed E-state index contributed by atoms with van der Waals surface area (Å²) in [5.74, 6) is -3.72. The molecular weight excluding hydrogens is 1120 g/mol. The van der Waals surface area contributed by atoms with Gasteiger partial charge in [0, 0.05) is 46.2 Å². The third-order valence-electron chi connectivity index (χ3n) is 13.4. The van der Waals surface area contributed by atoms with E-state index in [0.29, 0.717) is 12.8 Å². The van der Waals surface area contributed by atoms with E-state index in [0.717, 1.165) is 33.1 Å². The largest absolute Gasteiger partial charge is 0.455 e. The van der Waals surface area contributed by atoms with Gasteiger partial charge >= 0.3 is 42.4 Å². The maximum absolute atomic E-state index is 14.7. The first-order valence-corrected chi connectivity index (χ1v) is 29.3. The summed E-state index contributed by atoms with van der Waals surface area (Å²) in [5.41, 5.74) is -4.69. The van der Waals surface area contributed by atoms with Crippen molar-refractivity contribution in [2.75, 3.05) is 19.7 Å². The van der Waals surface area contributed by atoms with E-state index >= 15 is 0 Å². The van der Waals surface area contributed by atoms with E-state index in [-0.39, 0.29) is 45.4 Å². The number of rotatable bonds is 16. The number of aliphatic hydroxyl groups is 1. The highest BCUT2D eigenvalue weighted by atomic mass is 16.8. The van der Waals surface area contributed by atoms with Crippen LogP contribution in [-0.2, 0) is 76.0 Å². The van der Waals surface area contributed by atoms with Gasteiger partial charge in [0.15, 0.2) is 30.6 Å². The summed E-state index contributed by atoms with van der Waals surface area (Å²) in [6, 6.07) is -5.08. The molecule has 0 aromatic carbocycles. The molecule has 85 heavy (non-hydrogen) atoms. The fraction of sp³-hybridized carbons (Fsp3) is 0.860. The van der Waals surface area contributed by atoms with E-state index in [1.165, 1.54) is 0 Å². The summed E-state index contributed by atoms with van der Waals surface area (Å²) in [5, 5.41) is 29.6. The number of ether oxygens (including phenoxy) is 13. The van der Waals surface area contributed by atoms with E-state index in [9.17, 15) is 43.5 Å². The Labute approximate surface area is 498 Å².